The molecule has 2 fully saturated rings. The van der Waals surface area contributed by atoms with Crippen LogP contribution in [-0.4, -0.2) is 24.7 Å². The molecule has 1 aliphatic heterocycles. The first-order valence-corrected chi connectivity index (χ1v) is 3.79. The number of piperazine rings is 1. The molecule has 2 aliphatic rings. The first kappa shape index (κ1) is 5.69. The summed E-state index contributed by atoms with van der Waals surface area (Å²) in [5.74, 6) is 0. The first-order valence-electron chi connectivity index (χ1n) is 3.79. The van der Waals surface area contributed by atoms with Crippen molar-refractivity contribution in [2.75, 3.05) is 13.1 Å². The number of hydrogen-bond acceptors (Lipinski definition) is 2. The van der Waals surface area contributed by atoms with Gasteiger partial charge in [-0.25, -0.2) is 0 Å². The zero-order chi connectivity index (χ0) is 6.32. The van der Waals surface area contributed by atoms with Crippen molar-refractivity contribution in [2.45, 2.75) is 31.3 Å². The molecule has 0 aromatic heterocycles. The zero-order valence-electron chi connectivity index (χ0n) is 5.91. The lowest BCUT2D eigenvalue weighted by Gasteiger charge is -2.29. The van der Waals surface area contributed by atoms with Crippen LogP contribution < -0.4 is 10.6 Å². The van der Waals surface area contributed by atoms with Crippen LogP contribution in [-0.2, 0) is 0 Å². The topological polar surface area (TPSA) is 24.1 Å². The molecule has 1 saturated heterocycles. The molecule has 52 valence electrons. The highest BCUT2D eigenvalue weighted by molar-refractivity contribution is 5.07. The molecule has 2 rings (SSSR count). The Hall–Kier alpha value is -0.0800. The molecular weight excluding hydrogens is 112 g/mol. The van der Waals surface area contributed by atoms with Gasteiger partial charge in [-0.05, 0) is 19.8 Å². The van der Waals surface area contributed by atoms with Crippen LogP contribution in [0.4, 0.5) is 0 Å². The largest absolute Gasteiger partial charge is 0.313 e. The van der Waals surface area contributed by atoms with E-state index in [9.17, 15) is 0 Å². The molecule has 2 nitrogen and oxygen atoms in total. The van der Waals surface area contributed by atoms with Gasteiger partial charge in [-0.3, -0.25) is 0 Å². The van der Waals surface area contributed by atoms with Gasteiger partial charge in [0.2, 0.25) is 0 Å². The van der Waals surface area contributed by atoms with E-state index in [1.807, 2.05) is 0 Å². The lowest BCUT2D eigenvalue weighted by Crippen LogP contribution is -2.55. The SMILES string of the molecule is C[C@H]1CNCC2(CC2)N1. The van der Waals surface area contributed by atoms with Gasteiger partial charge < -0.3 is 10.6 Å². The van der Waals surface area contributed by atoms with Gasteiger partial charge in [-0.2, -0.15) is 0 Å². The van der Waals surface area contributed by atoms with E-state index in [2.05, 4.69) is 17.6 Å². The molecule has 2 N–H and O–H groups in total. The van der Waals surface area contributed by atoms with E-state index in [1.54, 1.807) is 0 Å². The number of nitrogens with one attached hydrogen (secondary N) is 2. The molecule has 0 aromatic rings. The third-order valence-corrected chi connectivity index (χ3v) is 2.32. The van der Waals surface area contributed by atoms with Gasteiger partial charge >= 0.3 is 0 Å². The lowest BCUT2D eigenvalue weighted by molar-refractivity contribution is 0.338. The summed E-state index contributed by atoms with van der Waals surface area (Å²) in [5, 5.41) is 7.03. The van der Waals surface area contributed by atoms with Crippen molar-refractivity contribution >= 4 is 0 Å². The van der Waals surface area contributed by atoms with E-state index in [-0.39, 0.29) is 0 Å². The molecule has 0 aromatic carbocycles. The fourth-order valence-corrected chi connectivity index (χ4v) is 1.62. The van der Waals surface area contributed by atoms with Crippen LogP contribution >= 0.6 is 0 Å². The third-order valence-electron chi connectivity index (χ3n) is 2.32. The molecule has 9 heavy (non-hydrogen) atoms. The van der Waals surface area contributed by atoms with Crippen molar-refractivity contribution < 1.29 is 0 Å². The van der Waals surface area contributed by atoms with Crippen LogP contribution in [0.15, 0.2) is 0 Å². The Morgan fingerprint density at radius 2 is 2.22 bits per heavy atom. The molecule has 1 atom stereocenters. The van der Waals surface area contributed by atoms with Gasteiger partial charge in [0, 0.05) is 24.7 Å². The molecule has 1 heterocycles. The van der Waals surface area contributed by atoms with Crippen molar-refractivity contribution in [3.8, 4) is 0 Å². The van der Waals surface area contributed by atoms with Crippen LogP contribution in [0.25, 0.3) is 0 Å². The van der Waals surface area contributed by atoms with Crippen molar-refractivity contribution in [3.63, 3.8) is 0 Å². The predicted octanol–water partition coefficient (Wildman–Crippen LogP) is 0.100. The van der Waals surface area contributed by atoms with E-state index >= 15 is 0 Å². The van der Waals surface area contributed by atoms with Gasteiger partial charge in [0.05, 0.1) is 0 Å². The first-order chi connectivity index (χ1) is 4.31. The van der Waals surface area contributed by atoms with Crippen molar-refractivity contribution in [1.29, 1.82) is 0 Å². The van der Waals surface area contributed by atoms with E-state index < -0.39 is 0 Å². The highest BCUT2D eigenvalue weighted by Crippen LogP contribution is 2.36. The molecular formula is C7H14N2. The maximum absolute atomic E-state index is 3.60. The normalized spacial score (nSPS) is 39.0. The highest BCUT2D eigenvalue weighted by atomic mass is 15.2. The van der Waals surface area contributed by atoms with Crippen molar-refractivity contribution in [3.05, 3.63) is 0 Å². The summed E-state index contributed by atoms with van der Waals surface area (Å²) < 4.78 is 0. The Kier molecular flexibility index (Phi) is 1.08. The van der Waals surface area contributed by atoms with Gasteiger partial charge in [-0.15, -0.1) is 0 Å². The van der Waals surface area contributed by atoms with Crippen molar-refractivity contribution in [1.82, 2.24) is 10.6 Å². The Bertz CT molecular complexity index is 118. The van der Waals surface area contributed by atoms with Crippen molar-refractivity contribution in [2.24, 2.45) is 0 Å². The van der Waals surface area contributed by atoms with Crippen LogP contribution in [0.2, 0.25) is 0 Å². The lowest BCUT2D eigenvalue weighted by atomic mass is 10.1. The van der Waals surface area contributed by atoms with Gasteiger partial charge in [0.25, 0.3) is 0 Å². The molecule has 0 bridgehead atoms. The van der Waals surface area contributed by atoms with Gasteiger partial charge in [0.1, 0.15) is 0 Å². The van der Waals surface area contributed by atoms with Crippen LogP contribution in [0, 0.1) is 0 Å². The van der Waals surface area contributed by atoms with Crippen LogP contribution in [0.3, 0.4) is 0 Å². The maximum atomic E-state index is 3.60. The summed E-state index contributed by atoms with van der Waals surface area (Å²) in [7, 11) is 0. The zero-order valence-corrected chi connectivity index (χ0v) is 5.91. The second-order valence-corrected chi connectivity index (χ2v) is 3.46. The minimum atomic E-state index is 0.539. The smallest absolute Gasteiger partial charge is 0.0310 e. The summed E-state index contributed by atoms with van der Waals surface area (Å²) in [4.78, 5) is 0. The third kappa shape index (κ3) is 0.970. The summed E-state index contributed by atoms with van der Waals surface area (Å²) in [6.45, 7) is 4.57. The minimum absolute atomic E-state index is 0.539. The van der Waals surface area contributed by atoms with E-state index in [1.165, 1.54) is 19.4 Å². The van der Waals surface area contributed by atoms with Crippen LogP contribution in [0.5, 0.6) is 0 Å². The monoisotopic (exact) mass is 126 g/mol. The quantitative estimate of drug-likeness (QED) is 0.481. The minimum Gasteiger partial charge on any atom is -0.313 e. The second kappa shape index (κ2) is 1.70. The molecule has 1 saturated carbocycles. The standard InChI is InChI=1S/C7H14N2/c1-6-4-8-5-7(9-6)2-3-7/h6,8-9H,2-5H2,1H3/t6-/m0/s1. The molecule has 0 radical (unpaired) electrons. The predicted molar refractivity (Wildman–Crippen MR) is 37.4 cm³/mol. The Morgan fingerprint density at radius 3 is 2.67 bits per heavy atom. The Balaban J connectivity index is 1.96. The summed E-state index contributed by atoms with van der Waals surface area (Å²) in [5.41, 5.74) is 0.539. The van der Waals surface area contributed by atoms with Gasteiger partial charge in [-0.1, -0.05) is 0 Å². The average molecular weight is 126 g/mol. The number of rotatable bonds is 0. The highest BCUT2D eigenvalue weighted by Gasteiger charge is 2.44. The summed E-state index contributed by atoms with van der Waals surface area (Å²) in [6, 6.07) is 0.682. The van der Waals surface area contributed by atoms with E-state index in [0.29, 0.717) is 11.6 Å². The Labute approximate surface area is 56.0 Å². The molecule has 1 aliphatic carbocycles. The number of hydrogen-bond donors (Lipinski definition) is 2. The Morgan fingerprint density at radius 1 is 1.44 bits per heavy atom. The average Bonchev–Trinajstić information content (AvgIpc) is 2.49. The van der Waals surface area contributed by atoms with E-state index in [4.69, 9.17) is 0 Å². The molecule has 2 heteroatoms. The maximum Gasteiger partial charge on any atom is 0.0310 e. The van der Waals surface area contributed by atoms with Crippen LogP contribution in [0.1, 0.15) is 19.8 Å². The van der Waals surface area contributed by atoms with E-state index in [0.717, 1.165) is 6.54 Å². The second-order valence-electron chi connectivity index (χ2n) is 3.46. The summed E-state index contributed by atoms with van der Waals surface area (Å²) >= 11 is 0. The van der Waals surface area contributed by atoms with Gasteiger partial charge in [0.15, 0.2) is 0 Å². The molecule has 0 unspecified atom stereocenters. The molecule has 0 amide bonds. The summed E-state index contributed by atoms with van der Waals surface area (Å²) in [6.07, 6.45) is 2.76. The fraction of sp³-hybridized carbons (Fsp3) is 1.00. The fourth-order valence-electron chi connectivity index (χ4n) is 1.62. The molecule has 1 spiro atoms.